The number of carbonyl (C=O) groups is 1. The largest absolute Gasteiger partial charge is 0.336 e. The van der Waals surface area contributed by atoms with Crippen molar-refractivity contribution in [2.24, 2.45) is 0 Å². The van der Waals surface area contributed by atoms with Crippen LogP contribution >= 0.6 is 11.8 Å². The van der Waals surface area contributed by atoms with Gasteiger partial charge in [-0.1, -0.05) is 36.4 Å². The molecule has 126 valence electrons. The summed E-state index contributed by atoms with van der Waals surface area (Å²) in [5.74, 6) is 0.169. The van der Waals surface area contributed by atoms with Gasteiger partial charge in [0.1, 0.15) is 0 Å². The third kappa shape index (κ3) is 4.00. The number of benzene rings is 2. The van der Waals surface area contributed by atoms with Gasteiger partial charge in [-0.15, -0.1) is 11.8 Å². The lowest BCUT2D eigenvalue weighted by Gasteiger charge is -2.35. The van der Waals surface area contributed by atoms with E-state index in [0.717, 1.165) is 48.7 Å². The van der Waals surface area contributed by atoms with Gasteiger partial charge in [0.05, 0.1) is 0 Å². The van der Waals surface area contributed by atoms with E-state index in [9.17, 15) is 4.79 Å². The van der Waals surface area contributed by atoms with Crippen LogP contribution in [0.2, 0.25) is 0 Å². The first kappa shape index (κ1) is 17.1. The fourth-order valence-electron chi connectivity index (χ4n) is 3.08. The zero-order valence-electron chi connectivity index (χ0n) is 14.4. The van der Waals surface area contributed by atoms with E-state index >= 15 is 0 Å². The molecule has 0 aliphatic carbocycles. The van der Waals surface area contributed by atoms with Gasteiger partial charge >= 0.3 is 0 Å². The minimum atomic E-state index is 0.169. The molecule has 24 heavy (non-hydrogen) atoms. The summed E-state index contributed by atoms with van der Waals surface area (Å²) in [6.07, 6.45) is 2.04. The molecule has 0 saturated carbocycles. The van der Waals surface area contributed by atoms with Crippen molar-refractivity contribution >= 4 is 17.7 Å². The molecule has 0 atom stereocenters. The first-order chi connectivity index (χ1) is 11.7. The average Bonchev–Trinajstić information content (AvgIpc) is 2.63. The first-order valence-electron chi connectivity index (χ1n) is 8.37. The van der Waals surface area contributed by atoms with E-state index in [2.05, 4.69) is 35.2 Å². The van der Waals surface area contributed by atoms with Crippen molar-refractivity contribution in [3.63, 3.8) is 0 Å². The van der Waals surface area contributed by atoms with Crippen molar-refractivity contribution in [1.29, 1.82) is 0 Å². The number of hydrogen-bond acceptors (Lipinski definition) is 3. The predicted molar refractivity (Wildman–Crippen MR) is 101 cm³/mol. The van der Waals surface area contributed by atoms with Gasteiger partial charge in [0.2, 0.25) is 0 Å². The van der Waals surface area contributed by atoms with E-state index < -0.39 is 0 Å². The smallest absolute Gasteiger partial charge is 0.254 e. The normalized spacial score (nSPS) is 15.5. The summed E-state index contributed by atoms with van der Waals surface area (Å²) >= 11 is 1.68. The monoisotopic (exact) mass is 340 g/mol. The van der Waals surface area contributed by atoms with E-state index in [1.165, 1.54) is 5.56 Å². The maximum Gasteiger partial charge on any atom is 0.254 e. The molecule has 4 heteroatoms. The molecule has 1 amide bonds. The lowest BCUT2D eigenvalue weighted by molar-refractivity contribution is 0.0627. The van der Waals surface area contributed by atoms with Crippen LogP contribution in [0.15, 0.2) is 53.4 Å². The Bertz CT molecular complexity index is 694. The number of aryl methyl sites for hydroxylation is 1. The summed E-state index contributed by atoms with van der Waals surface area (Å²) < 4.78 is 0. The molecule has 2 aromatic rings. The van der Waals surface area contributed by atoms with Crippen LogP contribution in [0.4, 0.5) is 0 Å². The number of nitrogens with zero attached hydrogens (tertiary/aromatic N) is 2. The molecule has 3 nitrogen and oxygen atoms in total. The summed E-state index contributed by atoms with van der Waals surface area (Å²) in [5, 5.41) is 0. The topological polar surface area (TPSA) is 23.6 Å². The van der Waals surface area contributed by atoms with Gasteiger partial charge < -0.3 is 4.90 Å². The van der Waals surface area contributed by atoms with Crippen molar-refractivity contribution in [3.8, 4) is 0 Å². The molecule has 2 aromatic carbocycles. The van der Waals surface area contributed by atoms with Crippen LogP contribution < -0.4 is 0 Å². The first-order valence-corrected chi connectivity index (χ1v) is 9.60. The fourth-order valence-corrected chi connectivity index (χ4v) is 3.52. The lowest BCUT2D eigenvalue weighted by Crippen LogP contribution is -2.48. The summed E-state index contributed by atoms with van der Waals surface area (Å²) in [4.78, 5) is 18.4. The van der Waals surface area contributed by atoms with Gasteiger partial charge in [0, 0.05) is 43.2 Å². The van der Waals surface area contributed by atoms with Gasteiger partial charge in [0.15, 0.2) is 0 Å². The minimum Gasteiger partial charge on any atom is -0.336 e. The average molecular weight is 340 g/mol. The molecule has 0 unspecified atom stereocenters. The van der Waals surface area contributed by atoms with Crippen LogP contribution in [0.25, 0.3) is 0 Å². The Balaban J connectivity index is 1.61. The maximum absolute atomic E-state index is 12.9. The summed E-state index contributed by atoms with van der Waals surface area (Å²) in [7, 11) is 0. The minimum absolute atomic E-state index is 0.169. The molecule has 0 N–H and O–H groups in total. The molecule has 0 bridgehead atoms. The number of hydrogen-bond donors (Lipinski definition) is 0. The molecule has 1 saturated heterocycles. The van der Waals surface area contributed by atoms with E-state index in [0.29, 0.717) is 0 Å². The van der Waals surface area contributed by atoms with E-state index in [-0.39, 0.29) is 5.91 Å². The molecule has 0 radical (unpaired) electrons. The quantitative estimate of drug-likeness (QED) is 0.794. The summed E-state index contributed by atoms with van der Waals surface area (Å²) in [5.41, 5.74) is 3.24. The van der Waals surface area contributed by atoms with Crippen LogP contribution in [0.5, 0.6) is 0 Å². The molecule has 3 rings (SSSR count). The number of rotatable bonds is 4. The molecule has 1 aliphatic rings. The van der Waals surface area contributed by atoms with Crippen molar-refractivity contribution < 1.29 is 4.79 Å². The van der Waals surface area contributed by atoms with Gasteiger partial charge in [-0.05, 0) is 36.4 Å². The predicted octanol–water partition coefficient (Wildman–Crippen LogP) is 3.67. The van der Waals surface area contributed by atoms with Crippen LogP contribution in [0.1, 0.15) is 21.5 Å². The second-order valence-electron chi connectivity index (χ2n) is 6.23. The van der Waals surface area contributed by atoms with Crippen molar-refractivity contribution in [1.82, 2.24) is 9.80 Å². The molecule has 1 heterocycles. The highest BCUT2D eigenvalue weighted by Crippen LogP contribution is 2.21. The SMILES string of the molecule is CSc1ccc(C)c(C(=O)N2CCN(Cc3ccccc3)CC2)c1. The fraction of sp³-hybridized carbons (Fsp3) is 0.350. The van der Waals surface area contributed by atoms with Crippen molar-refractivity contribution in [2.75, 3.05) is 32.4 Å². The van der Waals surface area contributed by atoms with Gasteiger partial charge in [0.25, 0.3) is 5.91 Å². The number of piperazine rings is 1. The lowest BCUT2D eigenvalue weighted by atomic mass is 10.1. The second kappa shape index (κ2) is 7.86. The Morgan fingerprint density at radius 1 is 1.04 bits per heavy atom. The van der Waals surface area contributed by atoms with Crippen LogP contribution in [-0.2, 0) is 6.54 Å². The second-order valence-corrected chi connectivity index (χ2v) is 7.11. The van der Waals surface area contributed by atoms with E-state index in [1.807, 2.05) is 36.3 Å². The van der Waals surface area contributed by atoms with E-state index in [4.69, 9.17) is 0 Å². The van der Waals surface area contributed by atoms with Crippen LogP contribution in [-0.4, -0.2) is 48.1 Å². The van der Waals surface area contributed by atoms with Crippen molar-refractivity contribution in [2.45, 2.75) is 18.4 Å². The highest BCUT2D eigenvalue weighted by Gasteiger charge is 2.23. The standard InChI is InChI=1S/C20H24N2OS/c1-16-8-9-18(24-2)14-19(16)20(23)22-12-10-21(11-13-22)15-17-6-4-3-5-7-17/h3-9,14H,10-13,15H2,1-2H3. The Labute approximate surface area is 148 Å². The number of thioether (sulfide) groups is 1. The Morgan fingerprint density at radius 3 is 2.42 bits per heavy atom. The third-order valence-electron chi connectivity index (χ3n) is 4.58. The third-order valence-corrected chi connectivity index (χ3v) is 5.31. The Kier molecular flexibility index (Phi) is 5.59. The highest BCUT2D eigenvalue weighted by atomic mass is 32.2. The molecular weight excluding hydrogens is 316 g/mol. The number of amides is 1. The zero-order valence-corrected chi connectivity index (χ0v) is 15.2. The van der Waals surface area contributed by atoms with E-state index in [1.54, 1.807) is 11.8 Å². The van der Waals surface area contributed by atoms with Crippen LogP contribution in [0, 0.1) is 6.92 Å². The van der Waals surface area contributed by atoms with Gasteiger partial charge in [-0.25, -0.2) is 0 Å². The van der Waals surface area contributed by atoms with Gasteiger partial charge in [-0.3, -0.25) is 9.69 Å². The molecular formula is C20H24N2OS. The maximum atomic E-state index is 12.9. The molecule has 0 aromatic heterocycles. The molecule has 1 fully saturated rings. The highest BCUT2D eigenvalue weighted by molar-refractivity contribution is 7.98. The molecule has 0 spiro atoms. The van der Waals surface area contributed by atoms with Gasteiger partial charge in [-0.2, -0.15) is 0 Å². The Hall–Kier alpha value is -1.78. The zero-order chi connectivity index (χ0) is 16.9. The van der Waals surface area contributed by atoms with Crippen LogP contribution in [0.3, 0.4) is 0 Å². The molecule has 1 aliphatic heterocycles. The van der Waals surface area contributed by atoms with Crippen molar-refractivity contribution in [3.05, 3.63) is 65.2 Å². The summed E-state index contributed by atoms with van der Waals surface area (Å²) in [6.45, 7) is 6.44. The Morgan fingerprint density at radius 2 is 1.75 bits per heavy atom. The summed E-state index contributed by atoms with van der Waals surface area (Å²) in [6, 6.07) is 16.7. The number of carbonyl (C=O) groups excluding carboxylic acids is 1.